The molecule has 0 aromatic carbocycles. The minimum absolute atomic E-state index is 0.0640. The highest BCUT2D eigenvalue weighted by Gasteiger charge is 2.43. The van der Waals surface area contributed by atoms with Crippen LogP contribution in [0.1, 0.15) is 38.5 Å². The maximum Gasteiger partial charge on any atom is 0.133 e. The van der Waals surface area contributed by atoms with Gasteiger partial charge in [0.2, 0.25) is 0 Å². The van der Waals surface area contributed by atoms with E-state index in [9.17, 15) is 0 Å². The first kappa shape index (κ1) is 12.4. The molecule has 0 amide bonds. The van der Waals surface area contributed by atoms with Crippen LogP contribution in [0.15, 0.2) is 0 Å². The summed E-state index contributed by atoms with van der Waals surface area (Å²) in [6.07, 6.45) is 7.17. The second-order valence-electron chi connectivity index (χ2n) is 5.36. The molecule has 16 heavy (non-hydrogen) atoms. The summed E-state index contributed by atoms with van der Waals surface area (Å²) < 4.78 is 0. The van der Waals surface area contributed by atoms with E-state index < -0.39 is 0 Å². The first-order valence-electron chi connectivity index (χ1n) is 6.43. The highest BCUT2D eigenvalue weighted by molar-refractivity contribution is 7.80. The topological polar surface area (TPSA) is 29.3 Å². The van der Waals surface area contributed by atoms with Crippen LogP contribution in [0.5, 0.6) is 0 Å². The summed E-state index contributed by atoms with van der Waals surface area (Å²) in [5, 5.41) is 0. The molecule has 0 bridgehead atoms. The molecule has 89 valence electrons. The lowest BCUT2D eigenvalue weighted by Crippen LogP contribution is -2.60. The molecule has 4 heteroatoms. The van der Waals surface area contributed by atoms with Gasteiger partial charge in [-0.1, -0.05) is 31.9 Å². The molecule has 1 heterocycles. The summed E-state index contributed by atoms with van der Waals surface area (Å²) in [4.78, 5) is 3.45. The molecule has 1 saturated carbocycles. The van der Waals surface area contributed by atoms with Crippen molar-refractivity contribution < 1.29 is 0 Å². The van der Waals surface area contributed by atoms with E-state index in [0.717, 1.165) is 17.8 Å². The van der Waals surface area contributed by atoms with Gasteiger partial charge in [0.25, 0.3) is 0 Å². The number of thiocarbonyl (C=S) groups is 1. The van der Waals surface area contributed by atoms with Crippen molar-refractivity contribution in [1.82, 2.24) is 4.90 Å². The van der Waals surface area contributed by atoms with Crippen LogP contribution in [0.2, 0.25) is 6.82 Å². The molecule has 2 N–H and O–H groups in total. The molecule has 1 aliphatic carbocycles. The second kappa shape index (κ2) is 4.65. The van der Waals surface area contributed by atoms with Gasteiger partial charge in [0.05, 0.1) is 4.99 Å². The van der Waals surface area contributed by atoms with E-state index in [4.69, 9.17) is 18.0 Å². The highest BCUT2D eigenvalue weighted by atomic mass is 32.1. The van der Waals surface area contributed by atoms with E-state index >= 15 is 0 Å². The van der Waals surface area contributed by atoms with Crippen molar-refractivity contribution in [2.75, 3.05) is 7.05 Å². The van der Waals surface area contributed by atoms with Gasteiger partial charge in [-0.25, -0.2) is 0 Å². The first-order chi connectivity index (χ1) is 7.58. The van der Waals surface area contributed by atoms with E-state index in [2.05, 4.69) is 26.1 Å². The number of hydrogen-bond acceptors (Lipinski definition) is 2. The Labute approximate surface area is 105 Å². The second-order valence-corrected chi connectivity index (χ2v) is 5.84. The molecule has 0 aromatic rings. The third-order valence-electron chi connectivity index (χ3n) is 4.61. The molecule has 2 nitrogen and oxygen atoms in total. The van der Waals surface area contributed by atoms with Gasteiger partial charge in [0.1, 0.15) is 7.28 Å². The Kier molecular flexibility index (Phi) is 3.60. The number of piperidine rings is 1. The Morgan fingerprint density at radius 1 is 1.44 bits per heavy atom. The molecule has 2 fully saturated rings. The molecular formula is C12H22BN2S. The van der Waals surface area contributed by atoms with E-state index in [-0.39, 0.29) is 5.44 Å². The number of likely N-dealkylation sites (tertiary alicyclic amines) is 1. The van der Waals surface area contributed by atoms with Crippen molar-refractivity contribution in [3.8, 4) is 0 Å². The van der Waals surface area contributed by atoms with Gasteiger partial charge >= 0.3 is 0 Å². The van der Waals surface area contributed by atoms with Gasteiger partial charge in [-0.2, -0.15) is 0 Å². The van der Waals surface area contributed by atoms with Crippen molar-refractivity contribution in [2.24, 2.45) is 11.7 Å². The van der Waals surface area contributed by atoms with Crippen molar-refractivity contribution in [1.29, 1.82) is 0 Å². The molecule has 1 radical (unpaired) electrons. The van der Waals surface area contributed by atoms with E-state index in [1.54, 1.807) is 0 Å². The molecule has 1 saturated heterocycles. The Morgan fingerprint density at radius 3 is 2.88 bits per heavy atom. The van der Waals surface area contributed by atoms with Gasteiger partial charge in [0.15, 0.2) is 0 Å². The molecular weight excluding hydrogens is 215 g/mol. The predicted molar refractivity (Wildman–Crippen MR) is 73.9 cm³/mol. The normalized spacial score (nSPS) is 40.2. The average molecular weight is 237 g/mol. The fourth-order valence-corrected chi connectivity index (χ4v) is 3.71. The van der Waals surface area contributed by atoms with E-state index in [1.807, 2.05) is 0 Å². The Morgan fingerprint density at radius 2 is 2.19 bits per heavy atom. The third-order valence-corrected chi connectivity index (χ3v) is 5.10. The van der Waals surface area contributed by atoms with Crippen LogP contribution in [-0.4, -0.2) is 35.7 Å². The monoisotopic (exact) mass is 237 g/mol. The molecule has 3 unspecified atom stereocenters. The van der Waals surface area contributed by atoms with Crippen molar-refractivity contribution >= 4 is 24.5 Å². The van der Waals surface area contributed by atoms with Crippen LogP contribution in [0.4, 0.5) is 0 Å². The summed E-state index contributed by atoms with van der Waals surface area (Å²) in [5.74, 6) is 0.594. The zero-order valence-corrected chi connectivity index (χ0v) is 11.2. The SMILES string of the molecule is C[B]C1(N)CCCCC2C1CCC(=S)N2C. The number of hydrogen-bond donors (Lipinski definition) is 1. The Balaban J connectivity index is 2.24. The van der Waals surface area contributed by atoms with Crippen LogP contribution in [0.25, 0.3) is 0 Å². The quantitative estimate of drug-likeness (QED) is 0.558. The highest BCUT2D eigenvalue weighted by Crippen LogP contribution is 2.38. The summed E-state index contributed by atoms with van der Waals surface area (Å²) in [5.41, 5.74) is 6.53. The number of nitrogens with two attached hydrogens (primary N) is 1. The van der Waals surface area contributed by atoms with Crippen LogP contribution >= 0.6 is 12.2 Å². The van der Waals surface area contributed by atoms with Crippen molar-refractivity contribution in [2.45, 2.75) is 56.8 Å². The van der Waals surface area contributed by atoms with Gasteiger partial charge in [-0.05, 0) is 37.0 Å². The Bertz CT molecular complexity index is 284. The summed E-state index contributed by atoms with van der Waals surface area (Å²) in [6, 6.07) is 0.574. The van der Waals surface area contributed by atoms with E-state index in [0.29, 0.717) is 12.0 Å². The number of rotatable bonds is 1. The van der Waals surface area contributed by atoms with Crippen molar-refractivity contribution in [3.05, 3.63) is 0 Å². The van der Waals surface area contributed by atoms with Crippen LogP contribution in [-0.2, 0) is 0 Å². The molecule has 3 atom stereocenters. The lowest BCUT2D eigenvalue weighted by Gasteiger charge is -2.47. The lowest BCUT2D eigenvalue weighted by atomic mass is 9.51. The Hall–Kier alpha value is -0.0851. The maximum absolute atomic E-state index is 6.60. The van der Waals surface area contributed by atoms with Gasteiger partial charge < -0.3 is 10.6 Å². The average Bonchev–Trinajstić information content (AvgIpc) is 2.45. The standard InChI is InChI=1S/C12H22BN2S/c1-13-12(14)8-4-3-5-10-9(12)6-7-11(16)15(10)2/h9-10H,3-8,14H2,1-2H3. The molecule has 1 aliphatic heterocycles. The smallest absolute Gasteiger partial charge is 0.133 e. The summed E-state index contributed by atoms with van der Waals surface area (Å²) >= 11 is 5.43. The van der Waals surface area contributed by atoms with Gasteiger partial charge in [-0.15, -0.1) is 0 Å². The van der Waals surface area contributed by atoms with Gasteiger partial charge in [-0.3, -0.25) is 0 Å². The minimum atomic E-state index is -0.0640. The zero-order chi connectivity index (χ0) is 11.8. The van der Waals surface area contributed by atoms with Crippen LogP contribution in [0.3, 0.4) is 0 Å². The molecule has 2 aliphatic rings. The fraction of sp³-hybridized carbons (Fsp3) is 0.917. The van der Waals surface area contributed by atoms with E-state index in [1.165, 1.54) is 25.7 Å². The van der Waals surface area contributed by atoms with Crippen LogP contribution < -0.4 is 5.73 Å². The van der Waals surface area contributed by atoms with Crippen molar-refractivity contribution in [3.63, 3.8) is 0 Å². The molecule has 2 rings (SSSR count). The lowest BCUT2D eigenvalue weighted by molar-refractivity contribution is 0.174. The largest absolute Gasteiger partial charge is 0.366 e. The first-order valence-corrected chi connectivity index (χ1v) is 6.84. The molecule has 0 aromatic heterocycles. The third kappa shape index (κ3) is 2.02. The predicted octanol–water partition coefficient (Wildman–Crippen LogP) is 2.01. The number of fused-ring (bicyclic) bond motifs is 1. The van der Waals surface area contributed by atoms with Crippen LogP contribution in [0, 0.1) is 5.92 Å². The summed E-state index contributed by atoms with van der Waals surface area (Å²) in [6.45, 7) is 2.12. The zero-order valence-electron chi connectivity index (χ0n) is 10.4. The summed E-state index contributed by atoms with van der Waals surface area (Å²) in [7, 11) is 4.39. The fourth-order valence-electron chi connectivity index (χ4n) is 3.45. The maximum atomic E-state index is 6.60. The number of nitrogens with zero attached hydrogens (tertiary/aromatic N) is 1. The minimum Gasteiger partial charge on any atom is -0.366 e. The molecule has 0 spiro atoms. The van der Waals surface area contributed by atoms with Gasteiger partial charge in [0, 0.05) is 13.1 Å².